The van der Waals surface area contributed by atoms with Crippen molar-refractivity contribution in [1.82, 2.24) is 19.4 Å². The van der Waals surface area contributed by atoms with Gasteiger partial charge in [0.25, 0.3) is 5.56 Å². The molecule has 3 rings (SSSR count). The number of nitrogens with one attached hydrogen (secondary N) is 1. The Morgan fingerprint density at radius 3 is 2.75 bits per heavy atom. The molecule has 0 saturated carbocycles. The van der Waals surface area contributed by atoms with Gasteiger partial charge >= 0.3 is 5.69 Å². The smallest absolute Gasteiger partial charge is 0.328 e. The Balaban J connectivity index is 1.56. The molecule has 134 valence electrons. The van der Waals surface area contributed by atoms with E-state index in [1.54, 1.807) is 6.92 Å². The minimum absolute atomic E-state index is 0.0903. The van der Waals surface area contributed by atoms with Crippen LogP contribution >= 0.6 is 0 Å². The summed E-state index contributed by atoms with van der Waals surface area (Å²) < 4.78 is 6.60. The highest BCUT2D eigenvalue weighted by Gasteiger charge is 2.32. The van der Waals surface area contributed by atoms with Crippen molar-refractivity contribution >= 4 is 0 Å². The van der Waals surface area contributed by atoms with E-state index in [-0.39, 0.29) is 17.3 Å². The van der Waals surface area contributed by atoms with Crippen molar-refractivity contribution in [3.8, 4) is 0 Å². The summed E-state index contributed by atoms with van der Waals surface area (Å²) in [6.45, 7) is 7.38. The summed E-state index contributed by atoms with van der Waals surface area (Å²) in [6.07, 6.45) is 0.601. The highest BCUT2D eigenvalue weighted by Crippen LogP contribution is 2.15. The van der Waals surface area contributed by atoms with Gasteiger partial charge in [-0.2, -0.15) is 0 Å². The molecule has 0 bridgehead atoms. The summed E-state index contributed by atoms with van der Waals surface area (Å²) in [5, 5.41) is 9.98. The molecule has 0 aliphatic carbocycles. The van der Waals surface area contributed by atoms with E-state index >= 15 is 0 Å². The Labute approximate surface area is 140 Å². The summed E-state index contributed by atoms with van der Waals surface area (Å²) in [6, 6.07) is 1.54. The van der Waals surface area contributed by atoms with Gasteiger partial charge < -0.3 is 19.7 Å². The van der Waals surface area contributed by atoms with E-state index in [9.17, 15) is 14.7 Å². The molecule has 2 aliphatic heterocycles. The van der Waals surface area contributed by atoms with E-state index in [0.717, 1.165) is 32.6 Å². The number of H-pyrrole nitrogens is 1. The Morgan fingerprint density at radius 2 is 2.04 bits per heavy atom. The molecule has 0 amide bonds. The predicted molar refractivity (Wildman–Crippen MR) is 89.3 cm³/mol. The molecular weight excluding hydrogens is 312 g/mol. The minimum atomic E-state index is -0.402. The fourth-order valence-corrected chi connectivity index (χ4v) is 3.52. The van der Waals surface area contributed by atoms with Crippen molar-refractivity contribution < 1.29 is 9.84 Å². The lowest BCUT2D eigenvalue weighted by molar-refractivity contribution is 0.0838. The molecule has 0 spiro atoms. The molecule has 8 heteroatoms. The molecule has 2 fully saturated rings. The zero-order valence-corrected chi connectivity index (χ0v) is 14.1. The number of aliphatic hydroxyl groups excluding tert-OH is 1. The second-order valence-corrected chi connectivity index (χ2v) is 6.65. The lowest BCUT2D eigenvalue weighted by Gasteiger charge is -2.28. The average molecular weight is 338 g/mol. The molecule has 2 saturated heterocycles. The maximum Gasteiger partial charge on any atom is 0.328 e. The standard InChI is InChI=1S/C16H26N4O4/c1-12-9-15(22)20(16(23)17-12)8-6-18-3-2-4-19(7-5-18)13-10-24-11-14(13)21/h9,13-14,21H,2-8,10-11H2,1H3,(H,17,23)/t13-,14-/m0/s1. The van der Waals surface area contributed by atoms with Gasteiger partial charge in [-0.15, -0.1) is 0 Å². The van der Waals surface area contributed by atoms with Gasteiger partial charge in [0.05, 0.1) is 25.4 Å². The van der Waals surface area contributed by atoms with Gasteiger partial charge in [0.1, 0.15) is 0 Å². The van der Waals surface area contributed by atoms with Crippen molar-refractivity contribution in [3.63, 3.8) is 0 Å². The van der Waals surface area contributed by atoms with Crippen molar-refractivity contribution in [1.29, 1.82) is 0 Å². The molecular formula is C16H26N4O4. The number of nitrogens with zero attached hydrogens (tertiary/aromatic N) is 3. The zero-order valence-electron chi connectivity index (χ0n) is 14.1. The fourth-order valence-electron chi connectivity index (χ4n) is 3.52. The number of aromatic amines is 1. The molecule has 2 N–H and O–H groups in total. The highest BCUT2D eigenvalue weighted by molar-refractivity contribution is 4.96. The molecule has 2 aliphatic rings. The topological polar surface area (TPSA) is 90.8 Å². The Hall–Kier alpha value is -1.48. The quantitative estimate of drug-likeness (QED) is 0.703. The fraction of sp³-hybridized carbons (Fsp3) is 0.750. The summed E-state index contributed by atoms with van der Waals surface area (Å²) in [7, 11) is 0. The van der Waals surface area contributed by atoms with Gasteiger partial charge in [-0.25, -0.2) is 4.79 Å². The van der Waals surface area contributed by atoms with E-state index in [1.165, 1.54) is 10.6 Å². The first kappa shape index (κ1) is 17.3. The van der Waals surface area contributed by atoms with Crippen LogP contribution in [0.2, 0.25) is 0 Å². The van der Waals surface area contributed by atoms with Crippen LogP contribution < -0.4 is 11.2 Å². The van der Waals surface area contributed by atoms with Gasteiger partial charge in [0.15, 0.2) is 0 Å². The van der Waals surface area contributed by atoms with E-state index in [2.05, 4.69) is 14.8 Å². The van der Waals surface area contributed by atoms with Gasteiger partial charge in [-0.3, -0.25) is 14.3 Å². The Morgan fingerprint density at radius 1 is 1.21 bits per heavy atom. The van der Waals surface area contributed by atoms with Gasteiger partial charge in [-0.05, 0) is 26.4 Å². The van der Waals surface area contributed by atoms with Crippen LogP contribution in [0.3, 0.4) is 0 Å². The summed E-state index contributed by atoms with van der Waals surface area (Å²) in [4.78, 5) is 31.1. The van der Waals surface area contributed by atoms with Gasteiger partial charge in [0.2, 0.25) is 0 Å². The third-order valence-electron chi connectivity index (χ3n) is 4.91. The second kappa shape index (κ2) is 7.60. The minimum Gasteiger partial charge on any atom is -0.389 e. The number of hydrogen-bond donors (Lipinski definition) is 2. The van der Waals surface area contributed by atoms with Crippen LogP contribution in [-0.4, -0.2) is 82.5 Å². The van der Waals surface area contributed by atoms with Gasteiger partial charge in [0, 0.05) is 37.9 Å². The molecule has 1 aromatic heterocycles. The molecule has 24 heavy (non-hydrogen) atoms. The number of aliphatic hydroxyl groups is 1. The van der Waals surface area contributed by atoms with E-state index < -0.39 is 6.10 Å². The second-order valence-electron chi connectivity index (χ2n) is 6.65. The molecule has 0 radical (unpaired) electrons. The van der Waals surface area contributed by atoms with Crippen LogP contribution in [0.1, 0.15) is 12.1 Å². The maximum absolute atomic E-state index is 11.9. The molecule has 8 nitrogen and oxygen atoms in total. The Bertz CT molecular complexity index is 640. The SMILES string of the molecule is Cc1cc(=O)n(CCN2CCCN([C@H]3COC[C@@H]3O)CC2)c(=O)[nH]1. The molecule has 1 aromatic rings. The Kier molecular flexibility index (Phi) is 5.50. The van der Waals surface area contributed by atoms with E-state index in [4.69, 9.17) is 4.74 Å². The van der Waals surface area contributed by atoms with Crippen LogP contribution in [-0.2, 0) is 11.3 Å². The normalized spacial score (nSPS) is 26.6. The summed E-state index contributed by atoms with van der Waals surface area (Å²) in [5.74, 6) is 0. The van der Waals surface area contributed by atoms with Crippen LogP contribution in [0.4, 0.5) is 0 Å². The first-order valence-electron chi connectivity index (χ1n) is 8.57. The van der Waals surface area contributed by atoms with Gasteiger partial charge in [-0.1, -0.05) is 0 Å². The average Bonchev–Trinajstić information content (AvgIpc) is 2.81. The number of aromatic nitrogens is 2. The zero-order chi connectivity index (χ0) is 17.1. The molecule has 2 atom stereocenters. The number of hydrogen-bond acceptors (Lipinski definition) is 6. The highest BCUT2D eigenvalue weighted by atomic mass is 16.5. The largest absolute Gasteiger partial charge is 0.389 e. The summed E-state index contributed by atoms with van der Waals surface area (Å²) in [5.41, 5.74) is -0.00870. The number of ether oxygens (including phenoxy) is 1. The van der Waals surface area contributed by atoms with Crippen LogP contribution in [0.15, 0.2) is 15.7 Å². The third kappa shape index (κ3) is 3.94. The first-order chi connectivity index (χ1) is 11.5. The van der Waals surface area contributed by atoms with Crippen molar-refractivity contribution in [2.24, 2.45) is 0 Å². The number of rotatable bonds is 4. The molecule has 3 heterocycles. The number of aryl methyl sites for hydroxylation is 1. The molecule has 0 aromatic carbocycles. The lowest BCUT2D eigenvalue weighted by atomic mass is 10.2. The monoisotopic (exact) mass is 338 g/mol. The van der Waals surface area contributed by atoms with Crippen molar-refractivity contribution in [2.75, 3.05) is 45.9 Å². The molecule has 0 unspecified atom stereocenters. The van der Waals surface area contributed by atoms with E-state index in [0.29, 0.717) is 32.0 Å². The van der Waals surface area contributed by atoms with Crippen LogP contribution in [0, 0.1) is 6.92 Å². The predicted octanol–water partition coefficient (Wildman–Crippen LogP) is -1.39. The van der Waals surface area contributed by atoms with E-state index in [1.807, 2.05) is 0 Å². The lowest BCUT2D eigenvalue weighted by Crippen LogP contribution is -2.45. The third-order valence-corrected chi connectivity index (χ3v) is 4.91. The van der Waals surface area contributed by atoms with Crippen LogP contribution in [0.5, 0.6) is 0 Å². The van der Waals surface area contributed by atoms with Crippen molar-refractivity contribution in [2.45, 2.75) is 32.0 Å². The van der Waals surface area contributed by atoms with Crippen LogP contribution in [0.25, 0.3) is 0 Å². The summed E-state index contributed by atoms with van der Waals surface area (Å²) >= 11 is 0. The maximum atomic E-state index is 11.9. The first-order valence-corrected chi connectivity index (χ1v) is 8.57. The van der Waals surface area contributed by atoms with Crippen molar-refractivity contribution in [3.05, 3.63) is 32.6 Å².